The van der Waals surface area contributed by atoms with Crippen LogP contribution in [0.15, 0.2) is 23.7 Å². The van der Waals surface area contributed by atoms with Crippen LogP contribution in [0.5, 0.6) is 0 Å². The van der Waals surface area contributed by atoms with Gasteiger partial charge >= 0.3 is 0 Å². The number of nitrogens with zero attached hydrogens (tertiary/aromatic N) is 4. The predicted octanol–water partition coefficient (Wildman–Crippen LogP) is 3.92. The lowest BCUT2D eigenvalue weighted by Crippen LogP contribution is -2.39. The molecule has 1 unspecified atom stereocenters. The predicted molar refractivity (Wildman–Crippen MR) is 109 cm³/mol. The molecular weight excluding hydrogens is 378 g/mol. The van der Waals surface area contributed by atoms with Crippen molar-refractivity contribution in [2.45, 2.75) is 44.1 Å². The van der Waals surface area contributed by atoms with E-state index in [1.165, 1.54) is 10.4 Å². The van der Waals surface area contributed by atoms with E-state index in [-0.39, 0.29) is 5.91 Å². The van der Waals surface area contributed by atoms with Gasteiger partial charge in [0.25, 0.3) is 0 Å². The summed E-state index contributed by atoms with van der Waals surface area (Å²) in [5.41, 5.74) is 1.25. The number of carbonyl (C=O) groups is 1. The number of aromatic nitrogens is 4. The van der Waals surface area contributed by atoms with Gasteiger partial charge in [0.15, 0.2) is 0 Å². The van der Waals surface area contributed by atoms with Gasteiger partial charge in [-0.1, -0.05) is 0 Å². The van der Waals surface area contributed by atoms with E-state index in [9.17, 15) is 4.79 Å². The summed E-state index contributed by atoms with van der Waals surface area (Å²) in [6, 6.07) is 0. The van der Waals surface area contributed by atoms with Crippen molar-refractivity contribution in [1.82, 2.24) is 24.8 Å². The number of piperidine rings is 1. The van der Waals surface area contributed by atoms with Gasteiger partial charge in [0, 0.05) is 53.8 Å². The molecule has 0 saturated carbocycles. The van der Waals surface area contributed by atoms with Crippen molar-refractivity contribution in [2.75, 3.05) is 18.8 Å². The van der Waals surface area contributed by atoms with Crippen LogP contribution in [0, 0.1) is 13.8 Å². The first kappa shape index (κ1) is 18.4. The molecule has 0 spiro atoms. The number of amides is 1. The number of aromatic amines is 1. The van der Waals surface area contributed by atoms with Crippen molar-refractivity contribution in [3.05, 3.63) is 35.0 Å². The van der Waals surface area contributed by atoms with Gasteiger partial charge in [0.05, 0.1) is 0 Å². The normalized spacial score (nSPS) is 17.6. The molecule has 4 rings (SSSR count). The van der Waals surface area contributed by atoms with E-state index in [1.54, 1.807) is 35.6 Å². The SMILES string of the molecule is Cc1sc2ncnc(SCCC(=O)N3CCCC(c4ncc[nH]4)C3)c2c1C. The van der Waals surface area contributed by atoms with Crippen LogP contribution < -0.4 is 0 Å². The summed E-state index contributed by atoms with van der Waals surface area (Å²) in [5, 5.41) is 2.13. The Hall–Kier alpha value is -1.93. The highest BCUT2D eigenvalue weighted by Crippen LogP contribution is 2.34. The Morgan fingerprint density at radius 3 is 3.07 bits per heavy atom. The third-order valence-electron chi connectivity index (χ3n) is 5.17. The zero-order valence-electron chi connectivity index (χ0n) is 15.6. The molecule has 27 heavy (non-hydrogen) atoms. The molecule has 3 aromatic rings. The molecule has 1 atom stereocenters. The molecule has 0 aromatic carbocycles. The average Bonchev–Trinajstić information content (AvgIpc) is 3.31. The fourth-order valence-corrected chi connectivity index (χ4v) is 5.63. The summed E-state index contributed by atoms with van der Waals surface area (Å²) in [7, 11) is 0. The van der Waals surface area contributed by atoms with Gasteiger partial charge in [-0.25, -0.2) is 15.0 Å². The molecule has 1 amide bonds. The third kappa shape index (κ3) is 3.87. The van der Waals surface area contributed by atoms with Crippen LogP contribution in [0.1, 0.15) is 41.4 Å². The molecule has 1 N–H and O–H groups in total. The van der Waals surface area contributed by atoms with Gasteiger partial charge in [-0.15, -0.1) is 23.1 Å². The van der Waals surface area contributed by atoms with E-state index in [2.05, 4.69) is 33.8 Å². The lowest BCUT2D eigenvalue weighted by atomic mass is 9.97. The zero-order valence-corrected chi connectivity index (χ0v) is 17.2. The Morgan fingerprint density at radius 2 is 2.26 bits per heavy atom. The molecule has 0 bridgehead atoms. The van der Waals surface area contributed by atoms with Crippen LogP contribution in [0.3, 0.4) is 0 Å². The van der Waals surface area contributed by atoms with E-state index in [4.69, 9.17) is 0 Å². The highest BCUT2D eigenvalue weighted by Gasteiger charge is 2.26. The molecule has 6 nitrogen and oxygen atoms in total. The highest BCUT2D eigenvalue weighted by molar-refractivity contribution is 7.99. The van der Waals surface area contributed by atoms with Crippen LogP contribution >= 0.6 is 23.1 Å². The quantitative estimate of drug-likeness (QED) is 0.518. The molecule has 0 radical (unpaired) electrons. The molecule has 8 heteroatoms. The number of hydrogen-bond donors (Lipinski definition) is 1. The van der Waals surface area contributed by atoms with E-state index in [0.717, 1.165) is 52.8 Å². The number of H-pyrrole nitrogens is 1. The first-order valence-corrected chi connectivity index (χ1v) is 11.0. The summed E-state index contributed by atoms with van der Waals surface area (Å²) in [5.74, 6) is 2.28. The number of thioether (sulfide) groups is 1. The Kier molecular flexibility index (Phi) is 5.45. The van der Waals surface area contributed by atoms with E-state index in [1.807, 2.05) is 11.1 Å². The molecule has 1 aliphatic rings. The fraction of sp³-hybridized carbons (Fsp3) is 0.474. The first-order valence-electron chi connectivity index (χ1n) is 9.24. The maximum atomic E-state index is 12.7. The van der Waals surface area contributed by atoms with Crippen LogP contribution in [0.2, 0.25) is 0 Å². The van der Waals surface area contributed by atoms with Crippen LogP contribution in [0.25, 0.3) is 10.2 Å². The second-order valence-electron chi connectivity index (χ2n) is 6.89. The molecule has 1 aliphatic heterocycles. The number of thiophene rings is 1. The minimum absolute atomic E-state index is 0.224. The maximum Gasteiger partial charge on any atom is 0.223 e. The highest BCUT2D eigenvalue weighted by atomic mass is 32.2. The second-order valence-corrected chi connectivity index (χ2v) is 9.18. The van der Waals surface area contributed by atoms with Crippen molar-refractivity contribution in [3.8, 4) is 0 Å². The van der Waals surface area contributed by atoms with Crippen LogP contribution in [-0.4, -0.2) is 49.6 Å². The van der Waals surface area contributed by atoms with Gasteiger partial charge < -0.3 is 9.88 Å². The third-order valence-corrected chi connectivity index (χ3v) is 7.27. The van der Waals surface area contributed by atoms with Gasteiger partial charge in [-0.05, 0) is 32.3 Å². The second kappa shape index (κ2) is 7.98. The van der Waals surface area contributed by atoms with Crippen molar-refractivity contribution in [1.29, 1.82) is 0 Å². The van der Waals surface area contributed by atoms with E-state index < -0.39 is 0 Å². The standard InChI is InChI=1S/C19H23N5OS2/c1-12-13(2)27-19-16(12)18(22-11-23-19)26-9-5-15(25)24-8-3-4-14(10-24)17-20-6-7-21-17/h6-7,11,14H,3-5,8-10H2,1-2H3,(H,20,21). The first-order chi connectivity index (χ1) is 13.1. The summed E-state index contributed by atoms with van der Waals surface area (Å²) in [4.78, 5) is 33.4. The Bertz CT molecular complexity index is 937. The maximum absolute atomic E-state index is 12.7. The minimum Gasteiger partial charge on any atom is -0.348 e. The molecule has 1 saturated heterocycles. The van der Waals surface area contributed by atoms with Gasteiger partial charge in [0.2, 0.25) is 5.91 Å². The monoisotopic (exact) mass is 401 g/mol. The molecule has 1 fully saturated rings. The van der Waals surface area contributed by atoms with Crippen LogP contribution in [-0.2, 0) is 4.79 Å². The van der Waals surface area contributed by atoms with Gasteiger partial charge in [-0.3, -0.25) is 4.79 Å². The summed E-state index contributed by atoms with van der Waals surface area (Å²) >= 11 is 3.36. The number of nitrogens with one attached hydrogen (secondary N) is 1. The molecule has 3 aromatic heterocycles. The molecule has 142 valence electrons. The smallest absolute Gasteiger partial charge is 0.223 e. The molecular formula is C19H23N5OS2. The van der Waals surface area contributed by atoms with Crippen molar-refractivity contribution < 1.29 is 4.79 Å². The van der Waals surface area contributed by atoms with Crippen molar-refractivity contribution >= 4 is 39.2 Å². The topological polar surface area (TPSA) is 74.8 Å². The number of fused-ring (bicyclic) bond motifs is 1. The number of imidazole rings is 1. The molecule has 0 aliphatic carbocycles. The number of rotatable bonds is 5. The van der Waals surface area contributed by atoms with E-state index in [0.29, 0.717) is 12.3 Å². The molecule has 4 heterocycles. The lowest BCUT2D eigenvalue weighted by Gasteiger charge is -2.32. The number of carbonyl (C=O) groups excluding carboxylic acids is 1. The van der Waals surface area contributed by atoms with Gasteiger partial charge in [-0.2, -0.15) is 0 Å². The average molecular weight is 402 g/mol. The van der Waals surface area contributed by atoms with Crippen molar-refractivity contribution in [2.24, 2.45) is 0 Å². The Labute approximate surface area is 166 Å². The number of aryl methyl sites for hydroxylation is 2. The summed E-state index contributed by atoms with van der Waals surface area (Å²) in [6.07, 6.45) is 7.91. The zero-order chi connectivity index (χ0) is 18.8. The Morgan fingerprint density at radius 1 is 1.37 bits per heavy atom. The fourth-order valence-electron chi connectivity index (χ4n) is 3.58. The summed E-state index contributed by atoms with van der Waals surface area (Å²) in [6.45, 7) is 5.85. The lowest BCUT2D eigenvalue weighted by molar-refractivity contribution is -0.131. The Balaban J connectivity index is 1.36. The number of likely N-dealkylation sites (tertiary alicyclic amines) is 1. The largest absolute Gasteiger partial charge is 0.348 e. The van der Waals surface area contributed by atoms with Crippen LogP contribution in [0.4, 0.5) is 0 Å². The van der Waals surface area contributed by atoms with E-state index >= 15 is 0 Å². The minimum atomic E-state index is 0.224. The van der Waals surface area contributed by atoms with Gasteiger partial charge in [0.1, 0.15) is 22.0 Å². The summed E-state index contributed by atoms with van der Waals surface area (Å²) < 4.78 is 0. The number of hydrogen-bond acceptors (Lipinski definition) is 6. The van der Waals surface area contributed by atoms with Crippen molar-refractivity contribution in [3.63, 3.8) is 0 Å².